The van der Waals surface area contributed by atoms with Gasteiger partial charge in [-0.1, -0.05) is 6.42 Å². The Bertz CT molecular complexity index is 283. The third-order valence-corrected chi connectivity index (χ3v) is 5.18. The zero-order valence-electron chi connectivity index (χ0n) is 12.1. The average molecular weight is 251 g/mol. The molecule has 0 aromatic carbocycles. The summed E-state index contributed by atoms with van der Waals surface area (Å²) in [4.78, 5) is 5.51. The lowest BCUT2D eigenvalue weighted by molar-refractivity contribution is 0.153. The van der Waals surface area contributed by atoms with Crippen LogP contribution in [0.3, 0.4) is 0 Å². The van der Waals surface area contributed by atoms with Crippen molar-refractivity contribution in [3.05, 3.63) is 0 Å². The molecule has 3 saturated heterocycles. The molecule has 0 bridgehead atoms. The topological polar surface area (TPSA) is 18.5 Å². The van der Waals surface area contributed by atoms with Crippen molar-refractivity contribution in [2.75, 3.05) is 32.7 Å². The summed E-state index contributed by atoms with van der Waals surface area (Å²) in [5.74, 6) is 0. The standard InChI is InChI=1S/C15H29N3/c1-15(2)10-14(11-16-15)18-9-6-13(12-18)17-7-4-3-5-8-17/h13-14,16H,3-12H2,1-2H3. The van der Waals surface area contributed by atoms with E-state index >= 15 is 0 Å². The van der Waals surface area contributed by atoms with Crippen molar-refractivity contribution in [2.45, 2.75) is 63.6 Å². The van der Waals surface area contributed by atoms with Gasteiger partial charge >= 0.3 is 0 Å². The van der Waals surface area contributed by atoms with Crippen LogP contribution in [-0.4, -0.2) is 60.1 Å². The van der Waals surface area contributed by atoms with E-state index in [2.05, 4.69) is 29.0 Å². The Hall–Kier alpha value is -0.120. The van der Waals surface area contributed by atoms with E-state index in [4.69, 9.17) is 0 Å². The van der Waals surface area contributed by atoms with Gasteiger partial charge in [-0.05, 0) is 52.6 Å². The minimum Gasteiger partial charge on any atom is -0.310 e. The summed E-state index contributed by atoms with van der Waals surface area (Å²) in [5, 5.41) is 3.66. The fourth-order valence-electron chi connectivity index (χ4n) is 4.07. The van der Waals surface area contributed by atoms with Crippen molar-refractivity contribution in [2.24, 2.45) is 0 Å². The van der Waals surface area contributed by atoms with Crippen LogP contribution in [0.4, 0.5) is 0 Å². The first kappa shape index (κ1) is 12.9. The van der Waals surface area contributed by atoms with Gasteiger partial charge in [0.2, 0.25) is 0 Å². The summed E-state index contributed by atoms with van der Waals surface area (Å²) in [6, 6.07) is 1.64. The zero-order valence-corrected chi connectivity index (χ0v) is 12.1. The van der Waals surface area contributed by atoms with Gasteiger partial charge in [0.25, 0.3) is 0 Å². The van der Waals surface area contributed by atoms with Crippen LogP contribution in [0.15, 0.2) is 0 Å². The first-order valence-electron chi connectivity index (χ1n) is 7.87. The SMILES string of the molecule is CC1(C)CC(N2CCC(N3CCCCC3)C2)CN1. The number of hydrogen-bond acceptors (Lipinski definition) is 3. The molecular formula is C15H29N3. The van der Waals surface area contributed by atoms with Gasteiger partial charge in [0, 0.05) is 37.3 Å². The molecule has 0 spiro atoms. The van der Waals surface area contributed by atoms with E-state index < -0.39 is 0 Å². The van der Waals surface area contributed by atoms with Crippen LogP contribution in [0.5, 0.6) is 0 Å². The molecule has 0 saturated carbocycles. The van der Waals surface area contributed by atoms with Crippen LogP contribution < -0.4 is 5.32 Å². The predicted molar refractivity (Wildman–Crippen MR) is 75.9 cm³/mol. The largest absolute Gasteiger partial charge is 0.310 e. The maximum absolute atomic E-state index is 3.66. The third-order valence-electron chi connectivity index (χ3n) is 5.18. The molecule has 3 rings (SSSR count). The Labute approximate surface area is 112 Å². The molecule has 3 heterocycles. The minimum atomic E-state index is 0.355. The molecule has 0 radical (unpaired) electrons. The smallest absolute Gasteiger partial charge is 0.0238 e. The lowest BCUT2D eigenvalue weighted by atomic mass is 10.0. The van der Waals surface area contributed by atoms with Gasteiger partial charge in [-0.3, -0.25) is 9.80 Å². The molecule has 0 aromatic rings. The predicted octanol–water partition coefficient (Wildman–Crippen LogP) is 1.69. The van der Waals surface area contributed by atoms with E-state index in [1.165, 1.54) is 64.8 Å². The Morgan fingerprint density at radius 1 is 0.944 bits per heavy atom. The first-order chi connectivity index (χ1) is 8.64. The molecule has 18 heavy (non-hydrogen) atoms. The highest BCUT2D eigenvalue weighted by Crippen LogP contribution is 2.27. The Kier molecular flexibility index (Phi) is 3.65. The zero-order chi connectivity index (χ0) is 12.6. The number of nitrogens with one attached hydrogen (secondary N) is 1. The quantitative estimate of drug-likeness (QED) is 0.806. The second-order valence-electron chi connectivity index (χ2n) is 7.16. The first-order valence-corrected chi connectivity index (χ1v) is 7.87. The van der Waals surface area contributed by atoms with Gasteiger partial charge in [0.05, 0.1) is 0 Å². The molecule has 2 atom stereocenters. The van der Waals surface area contributed by atoms with E-state index in [1.807, 2.05) is 0 Å². The summed E-state index contributed by atoms with van der Waals surface area (Å²) in [7, 11) is 0. The van der Waals surface area contributed by atoms with Crippen molar-refractivity contribution >= 4 is 0 Å². The monoisotopic (exact) mass is 251 g/mol. The number of nitrogens with zero attached hydrogens (tertiary/aromatic N) is 2. The fraction of sp³-hybridized carbons (Fsp3) is 1.00. The molecule has 0 aliphatic carbocycles. The van der Waals surface area contributed by atoms with Crippen LogP contribution in [0, 0.1) is 0 Å². The van der Waals surface area contributed by atoms with Crippen LogP contribution >= 0.6 is 0 Å². The molecule has 3 aliphatic rings. The van der Waals surface area contributed by atoms with Gasteiger partial charge in [0.1, 0.15) is 0 Å². The molecule has 3 fully saturated rings. The highest BCUT2D eigenvalue weighted by Gasteiger charge is 2.38. The maximum atomic E-state index is 3.66. The molecule has 1 N–H and O–H groups in total. The van der Waals surface area contributed by atoms with Gasteiger partial charge in [-0.25, -0.2) is 0 Å². The highest BCUT2D eigenvalue weighted by molar-refractivity contribution is 4.97. The number of likely N-dealkylation sites (tertiary alicyclic amines) is 2. The molecule has 3 nitrogen and oxygen atoms in total. The van der Waals surface area contributed by atoms with Crippen molar-refractivity contribution < 1.29 is 0 Å². The van der Waals surface area contributed by atoms with E-state index in [9.17, 15) is 0 Å². The second kappa shape index (κ2) is 5.10. The average Bonchev–Trinajstić information content (AvgIpc) is 2.96. The fourth-order valence-corrected chi connectivity index (χ4v) is 4.07. The van der Waals surface area contributed by atoms with Gasteiger partial charge in [0.15, 0.2) is 0 Å². The summed E-state index contributed by atoms with van der Waals surface area (Å²) in [6.07, 6.45) is 7.02. The van der Waals surface area contributed by atoms with E-state index in [0.29, 0.717) is 5.54 Å². The number of rotatable bonds is 2. The second-order valence-corrected chi connectivity index (χ2v) is 7.16. The molecule has 2 unspecified atom stereocenters. The lowest BCUT2D eigenvalue weighted by Crippen LogP contribution is -2.42. The van der Waals surface area contributed by atoms with Gasteiger partial charge in [-0.15, -0.1) is 0 Å². The molecule has 104 valence electrons. The van der Waals surface area contributed by atoms with Crippen LogP contribution in [0.2, 0.25) is 0 Å². The Morgan fingerprint density at radius 2 is 1.72 bits per heavy atom. The Morgan fingerprint density at radius 3 is 2.39 bits per heavy atom. The van der Waals surface area contributed by atoms with E-state index in [0.717, 1.165) is 12.1 Å². The van der Waals surface area contributed by atoms with Crippen LogP contribution in [0.25, 0.3) is 0 Å². The van der Waals surface area contributed by atoms with Gasteiger partial charge < -0.3 is 5.32 Å². The molecule has 0 aromatic heterocycles. The van der Waals surface area contributed by atoms with Crippen molar-refractivity contribution in [3.63, 3.8) is 0 Å². The number of piperidine rings is 1. The van der Waals surface area contributed by atoms with E-state index in [-0.39, 0.29) is 0 Å². The normalized spacial score (nSPS) is 38.3. The molecule has 0 amide bonds. The summed E-state index contributed by atoms with van der Waals surface area (Å²) in [6.45, 7) is 11.2. The van der Waals surface area contributed by atoms with Crippen molar-refractivity contribution in [1.82, 2.24) is 15.1 Å². The van der Waals surface area contributed by atoms with Crippen molar-refractivity contribution in [3.8, 4) is 0 Å². The van der Waals surface area contributed by atoms with Crippen LogP contribution in [-0.2, 0) is 0 Å². The molecule has 3 aliphatic heterocycles. The summed E-state index contributed by atoms with van der Waals surface area (Å²) in [5.41, 5.74) is 0.355. The summed E-state index contributed by atoms with van der Waals surface area (Å²) < 4.78 is 0. The Balaban J connectivity index is 1.52. The van der Waals surface area contributed by atoms with Gasteiger partial charge in [-0.2, -0.15) is 0 Å². The number of hydrogen-bond donors (Lipinski definition) is 1. The van der Waals surface area contributed by atoms with Crippen molar-refractivity contribution in [1.29, 1.82) is 0 Å². The molecule has 3 heteroatoms. The summed E-state index contributed by atoms with van der Waals surface area (Å²) >= 11 is 0. The van der Waals surface area contributed by atoms with E-state index in [1.54, 1.807) is 0 Å². The third kappa shape index (κ3) is 2.73. The van der Waals surface area contributed by atoms with Crippen LogP contribution in [0.1, 0.15) is 46.0 Å². The highest BCUT2D eigenvalue weighted by atomic mass is 15.3. The minimum absolute atomic E-state index is 0.355. The maximum Gasteiger partial charge on any atom is 0.0238 e. The molecular weight excluding hydrogens is 222 g/mol. The lowest BCUT2D eigenvalue weighted by Gasteiger charge is -2.33.